The Hall–Kier alpha value is -4.12. The van der Waals surface area contributed by atoms with E-state index in [1.807, 2.05) is 42.6 Å². The summed E-state index contributed by atoms with van der Waals surface area (Å²) in [7, 11) is 0. The van der Waals surface area contributed by atoms with Crippen molar-refractivity contribution in [2.24, 2.45) is 0 Å². The highest BCUT2D eigenvalue weighted by Gasteiger charge is 2.31. The molecule has 44 heavy (non-hydrogen) atoms. The Morgan fingerprint density at radius 2 is 1.64 bits per heavy atom. The average Bonchev–Trinajstić information content (AvgIpc) is 3.37. The summed E-state index contributed by atoms with van der Waals surface area (Å²) in [6.45, 7) is 6.74. The van der Waals surface area contributed by atoms with Crippen molar-refractivity contribution in [3.63, 3.8) is 0 Å². The zero-order valence-electron chi connectivity index (χ0n) is 24.0. The Labute approximate surface area is 258 Å². The second kappa shape index (κ2) is 13.3. The zero-order valence-corrected chi connectivity index (χ0v) is 24.7. The van der Waals surface area contributed by atoms with Crippen molar-refractivity contribution in [1.82, 2.24) is 24.3 Å². The summed E-state index contributed by atoms with van der Waals surface area (Å²) in [5.41, 5.74) is 4.76. The molecule has 0 saturated carbocycles. The average molecular weight is 621 g/mol. The van der Waals surface area contributed by atoms with Crippen LogP contribution in [0.15, 0.2) is 91.4 Å². The molecule has 3 aromatic heterocycles. The van der Waals surface area contributed by atoms with Gasteiger partial charge in [-0.05, 0) is 53.6 Å². The van der Waals surface area contributed by atoms with Crippen LogP contribution in [-0.4, -0.2) is 63.4 Å². The fourth-order valence-electron chi connectivity index (χ4n) is 5.57. The first-order valence-corrected chi connectivity index (χ1v) is 14.9. The van der Waals surface area contributed by atoms with Crippen LogP contribution in [-0.2, 0) is 19.6 Å². The molecule has 0 unspecified atom stereocenters. The molecule has 0 spiro atoms. The van der Waals surface area contributed by atoms with E-state index >= 15 is 0 Å². The molecule has 1 fully saturated rings. The van der Waals surface area contributed by atoms with Gasteiger partial charge < -0.3 is 14.6 Å². The van der Waals surface area contributed by atoms with Gasteiger partial charge in [-0.25, -0.2) is 4.98 Å². The Bertz CT molecular complexity index is 1690. The monoisotopic (exact) mass is 620 g/mol. The Morgan fingerprint density at radius 1 is 0.864 bits per heavy atom. The van der Waals surface area contributed by atoms with E-state index in [1.165, 1.54) is 11.6 Å². The highest BCUT2D eigenvalue weighted by molar-refractivity contribution is 6.31. The van der Waals surface area contributed by atoms with Gasteiger partial charge in [0, 0.05) is 86.2 Å². The number of benzene rings is 2. The van der Waals surface area contributed by atoms with Crippen molar-refractivity contribution in [3.05, 3.63) is 108 Å². The van der Waals surface area contributed by atoms with Gasteiger partial charge in [-0.3, -0.25) is 14.8 Å². The smallest absolute Gasteiger partial charge is 0.404 e. The minimum Gasteiger partial charge on any atom is -0.404 e. The Kier molecular flexibility index (Phi) is 9.02. The molecular formula is C33H32ClF3N6O. The normalized spacial score (nSPS) is 14.6. The highest BCUT2D eigenvalue weighted by Crippen LogP contribution is 2.32. The summed E-state index contributed by atoms with van der Waals surface area (Å²) < 4.78 is 44.3. The van der Waals surface area contributed by atoms with Crippen molar-refractivity contribution in [2.75, 3.05) is 38.0 Å². The molecule has 1 aliphatic rings. The Balaban J connectivity index is 1.19. The minimum absolute atomic E-state index is 0.348. The number of hydrogen-bond acceptors (Lipinski definition) is 6. The van der Waals surface area contributed by atoms with Gasteiger partial charge in [-0.15, -0.1) is 13.2 Å². The number of hydrogen-bond donors (Lipinski definition) is 1. The fourth-order valence-corrected chi connectivity index (χ4v) is 5.76. The molecule has 4 heterocycles. The molecule has 0 bridgehead atoms. The van der Waals surface area contributed by atoms with Gasteiger partial charge in [0.2, 0.25) is 0 Å². The lowest BCUT2D eigenvalue weighted by Crippen LogP contribution is -2.45. The molecule has 0 atom stereocenters. The predicted octanol–water partition coefficient (Wildman–Crippen LogP) is 7.08. The van der Waals surface area contributed by atoms with E-state index in [-0.39, 0.29) is 5.75 Å². The quantitative estimate of drug-likeness (QED) is 0.180. The molecule has 2 aromatic carbocycles. The van der Waals surface area contributed by atoms with Crippen molar-refractivity contribution < 1.29 is 17.9 Å². The van der Waals surface area contributed by atoms with Crippen molar-refractivity contribution in [3.8, 4) is 17.0 Å². The fraction of sp³-hybridized carbons (Fsp3) is 0.273. The van der Waals surface area contributed by atoms with E-state index in [0.717, 1.165) is 78.3 Å². The second-order valence-electron chi connectivity index (χ2n) is 10.8. The van der Waals surface area contributed by atoms with Gasteiger partial charge in [0.15, 0.2) is 0 Å². The van der Waals surface area contributed by atoms with Gasteiger partial charge in [0.25, 0.3) is 0 Å². The van der Waals surface area contributed by atoms with Crippen molar-refractivity contribution in [2.45, 2.75) is 26.0 Å². The van der Waals surface area contributed by atoms with Crippen LogP contribution in [0.25, 0.3) is 22.2 Å². The molecule has 5 aromatic rings. The van der Waals surface area contributed by atoms with E-state index in [1.54, 1.807) is 12.3 Å². The van der Waals surface area contributed by atoms with Gasteiger partial charge in [-0.2, -0.15) is 0 Å². The lowest BCUT2D eigenvalue weighted by molar-refractivity contribution is -0.274. The number of aromatic nitrogens is 3. The first-order chi connectivity index (χ1) is 21.3. The van der Waals surface area contributed by atoms with Crippen LogP contribution in [0, 0.1) is 0 Å². The lowest BCUT2D eigenvalue weighted by Gasteiger charge is -2.35. The number of nitrogens with zero attached hydrogens (tertiary/aromatic N) is 5. The summed E-state index contributed by atoms with van der Waals surface area (Å²) in [4.78, 5) is 13.5. The molecule has 6 rings (SSSR count). The van der Waals surface area contributed by atoms with Gasteiger partial charge in [0.1, 0.15) is 11.6 Å². The molecule has 228 valence electrons. The predicted molar refractivity (Wildman–Crippen MR) is 167 cm³/mol. The third-order valence-electron chi connectivity index (χ3n) is 7.74. The highest BCUT2D eigenvalue weighted by atomic mass is 35.5. The maximum Gasteiger partial charge on any atom is 0.573 e. The van der Waals surface area contributed by atoms with Gasteiger partial charge in [0.05, 0.1) is 11.9 Å². The minimum atomic E-state index is -4.77. The van der Waals surface area contributed by atoms with E-state index < -0.39 is 6.36 Å². The number of fused-ring (bicyclic) bond motifs is 1. The summed E-state index contributed by atoms with van der Waals surface area (Å²) in [6.07, 6.45) is 0.0909. The molecular weight excluding hydrogens is 589 g/mol. The molecule has 1 aliphatic heterocycles. The topological polar surface area (TPSA) is 58.5 Å². The number of ether oxygens (including phenoxy) is 1. The summed E-state index contributed by atoms with van der Waals surface area (Å²) in [5, 5.41) is 5.13. The number of pyridine rings is 2. The molecule has 0 radical (unpaired) electrons. The third kappa shape index (κ3) is 7.50. The maximum atomic E-state index is 12.7. The number of halogens is 4. The number of piperazine rings is 1. The standard InChI is InChI=1S/C33H32ClF3N6O/c34-29-6-2-1-5-25(29)22-42-17-15-41(16-18-42)21-24-8-11-31-27(19-24)28(30-10-9-26(20-40-30)44-33(35,36)37)23-43(31)14-13-39-32-7-3-4-12-38-32/h1-12,19-20,23H,13-18,21-22H2,(H,38,39). The summed E-state index contributed by atoms with van der Waals surface area (Å²) in [6, 6.07) is 23.0. The maximum absolute atomic E-state index is 12.7. The van der Waals surface area contributed by atoms with Crippen LogP contribution < -0.4 is 10.1 Å². The van der Waals surface area contributed by atoms with Gasteiger partial charge >= 0.3 is 6.36 Å². The van der Waals surface area contributed by atoms with E-state index in [0.29, 0.717) is 18.8 Å². The summed E-state index contributed by atoms with van der Waals surface area (Å²) in [5.74, 6) is 0.444. The first-order valence-electron chi connectivity index (χ1n) is 14.5. The van der Waals surface area contributed by atoms with E-state index in [4.69, 9.17) is 11.6 Å². The molecule has 0 aliphatic carbocycles. The van der Waals surface area contributed by atoms with Crippen LogP contribution in [0.2, 0.25) is 5.02 Å². The molecule has 1 saturated heterocycles. The second-order valence-corrected chi connectivity index (χ2v) is 11.2. The first kappa shape index (κ1) is 29.9. The lowest BCUT2D eigenvalue weighted by atomic mass is 10.1. The van der Waals surface area contributed by atoms with E-state index in [9.17, 15) is 13.2 Å². The van der Waals surface area contributed by atoms with Crippen LogP contribution in [0.1, 0.15) is 11.1 Å². The van der Waals surface area contributed by atoms with Crippen molar-refractivity contribution >= 4 is 28.3 Å². The number of nitrogens with one attached hydrogen (secondary N) is 1. The number of alkyl halides is 3. The molecule has 1 N–H and O–H groups in total. The summed E-state index contributed by atoms with van der Waals surface area (Å²) >= 11 is 6.37. The van der Waals surface area contributed by atoms with Crippen molar-refractivity contribution in [1.29, 1.82) is 0 Å². The number of rotatable bonds is 10. The largest absolute Gasteiger partial charge is 0.573 e. The van der Waals surface area contributed by atoms with Gasteiger partial charge in [-0.1, -0.05) is 41.9 Å². The Morgan fingerprint density at radius 3 is 2.34 bits per heavy atom. The molecule has 0 amide bonds. The van der Waals surface area contributed by atoms with Crippen LogP contribution in [0.5, 0.6) is 5.75 Å². The molecule has 7 nitrogen and oxygen atoms in total. The van der Waals surface area contributed by atoms with Crippen LogP contribution in [0.4, 0.5) is 19.0 Å². The number of anilines is 1. The SMILES string of the molecule is FC(F)(F)Oc1ccc(-c2cn(CCNc3ccccn3)c3ccc(CN4CCN(Cc5ccccc5Cl)CC4)cc23)nc1. The van der Waals surface area contributed by atoms with Crippen LogP contribution >= 0.6 is 11.6 Å². The molecule has 11 heteroatoms. The van der Waals surface area contributed by atoms with E-state index in [2.05, 4.69) is 58.7 Å². The third-order valence-corrected chi connectivity index (χ3v) is 8.11. The zero-order chi connectivity index (χ0) is 30.5. The van der Waals surface area contributed by atoms with Crippen LogP contribution in [0.3, 0.4) is 0 Å².